The number of nitrogens with zero attached hydrogens (tertiary/aromatic N) is 3. The van der Waals surface area contributed by atoms with Gasteiger partial charge in [0.1, 0.15) is 0 Å². The van der Waals surface area contributed by atoms with Crippen LogP contribution in [-0.4, -0.2) is 58.1 Å². The number of unbranched alkanes of at least 4 members (excludes halogenated alkanes) is 60. The summed E-state index contributed by atoms with van der Waals surface area (Å²) in [6.45, 7) is 13.3. The van der Waals surface area contributed by atoms with Gasteiger partial charge in [-0.05, 0) is 61.1 Å². The predicted octanol–water partition coefficient (Wildman–Crippen LogP) is 29.0. The first-order valence-corrected chi connectivity index (χ1v) is 42.6. The highest BCUT2D eigenvalue weighted by Crippen LogP contribution is 2.22. The van der Waals surface area contributed by atoms with Crippen LogP contribution in [0.1, 0.15) is 470 Å². The summed E-state index contributed by atoms with van der Waals surface area (Å²) in [6, 6.07) is 16.0. The Morgan fingerprint density at radius 2 is 0.362 bits per heavy atom. The number of amides is 2. The summed E-state index contributed by atoms with van der Waals surface area (Å²) in [5, 5.41) is 12.6. The van der Waals surface area contributed by atoms with Gasteiger partial charge in [0.2, 0.25) is 0 Å². The molecule has 0 aromatic heterocycles. The van der Waals surface area contributed by atoms with Crippen LogP contribution in [0.3, 0.4) is 0 Å². The molecule has 1 N–H and O–H groups in total. The van der Waals surface area contributed by atoms with Crippen molar-refractivity contribution in [3.8, 4) is 0 Å². The van der Waals surface area contributed by atoms with Crippen LogP contribution >= 0.6 is 0 Å². The molecule has 0 unspecified atom stereocenters. The monoisotopic (exact) mass is 1310 g/mol. The third kappa shape index (κ3) is 54.2. The first kappa shape index (κ1) is 87.4. The van der Waals surface area contributed by atoms with Crippen molar-refractivity contribution < 1.29 is 14.8 Å². The number of carbonyl (C=O) groups is 2. The van der Waals surface area contributed by atoms with Crippen LogP contribution in [0.4, 0.5) is 0 Å². The lowest BCUT2D eigenvalue weighted by molar-refractivity contribution is -0.108. The summed E-state index contributed by atoms with van der Waals surface area (Å²) in [5.74, 6) is 0.301. The molecule has 2 aromatic rings. The SMILES string of the molecule is CCCCCCCCCCCCCCCCCCN(CCCCCCCCCCCCCCCCCC)C(=O)c1ccc(CN(O)Cc2ccc(C(=O)N(CCCCCCCCCCCCCCCCCC)CCCCCCCCCCCCCCCCCC)cc2)cc1. The van der Waals surface area contributed by atoms with Crippen molar-refractivity contribution >= 4 is 11.8 Å². The molecule has 2 rings (SSSR count). The maximum absolute atomic E-state index is 14.2. The summed E-state index contributed by atoms with van der Waals surface area (Å²) < 4.78 is 0. The molecule has 0 aliphatic carbocycles. The smallest absolute Gasteiger partial charge is 0.253 e. The molecule has 2 aromatic carbocycles. The quantitative estimate of drug-likeness (QED) is 0.0529. The van der Waals surface area contributed by atoms with Crippen LogP contribution in [0.5, 0.6) is 0 Å². The molecule has 0 saturated carbocycles. The lowest BCUT2D eigenvalue weighted by Gasteiger charge is -2.23. The molecule has 6 nitrogen and oxygen atoms in total. The van der Waals surface area contributed by atoms with E-state index in [0.29, 0.717) is 13.1 Å². The third-order valence-corrected chi connectivity index (χ3v) is 20.8. The maximum Gasteiger partial charge on any atom is 0.253 e. The molecule has 0 saturated heterocycles. The first-order chi connectivity index (χ1) is 46.4. The average Bonchev–Trinajstić information content (AvgIpc) is 1.69. The van der Waals surface area contributed by atoms with Crippen molar-refractivity contribution in [2.24, 2.45) is 0 Å². The van der Waals surface area contributed by atoms with Crippen LogP contribution in [0.25, 0.3) is 0 Å². The molecule has 0 aliphatic rings. The minimum Gasteiger partial charge on any atom is -0.339 e. The van der Waals surface area contributed by atoms with Crippen molar-refractivity contribution in [3.05, 3.63) is 70.8 Å². The van der Waals surface area contributed by atoms with Gasteiger partial charge in [-0.2, -0.15) is 5.06 Å². The van der Waals surface area contributed by atoms with Gasteiger partial charge in [-0.25, -0.2) is 0 Å². The largest absolute Gasteiger partial charge is 0.339 e. The van der Waals surface area contributed by atoms with E-state index in [9.17, 15) is 14.8 Å². The maximum atomic E-state index is 14.2. The molecule has 0 radical (unpaired) electrons. The normalized spacial score (nSPS) is 11.6. The molecule has 94 heavy (non-hydrogen) atoms. The zero-order valence-electron chi connectivity index (χ0n) is 63.7. The van der Waals surface area contributed by atoms with E-state index in [2.05, 4.69) is 37.5 Å². The molecule has 0 bridgehead atoms. The summed E-state index contributed by atoms with van der Waals surface area (Å²) in [5.41, 5.74) is 3.46. The highest BCUT2D eigenvalue weighted by atomic mass is 16.5. The second-order valence-corrected chi connectivity index (χ2v) is 30.0. The predicted molar refractivity (Wildman–Crippen MR) is 414 cm³/mol. The number of carbonyl (C=O) groups excluding carboxylic acids is 2. The molecule has 0 aliphatic heterocycles. The van der Waals surface area contributed by atoms with E-state index in [0.717, 1.165) is 74.1 Å². The zero-order chi connectivity index (χ0) is 67.4. The van der Waals surface area contributed by atoms with Gasteiger partial charge in [-0.1, -0.05) is 437 Å². The number of rotatable bonds is 74. The summed E-state index contributed by atoms with van der Waals surface area (Å²) in [6.07, 6.45) is 86.7. The Kier molecular flexibility index (Phi) is 64.0. The minimum absolute atomic E-state index is 0.151. The third-order valence-electron chi connectivity index (χ3n) is 20.8. The number of benzene rings is 2. The molecular formula is C88H161N3O3. The van der Waals surface area contributed by atoms with Gasteiger partial charge >= 0.3 is 0 Å². The highest BCUT2D eigenvalue weighted by Gasteiger charge is 2.18. The van der Waals surface area contributed by atoms with E-state index in [1.165, 1.54) is 390 Å². The number of hydroxylamine groups is 2. The second-order valence-electron chi connectivity index (χ2n) is 30.0. The molecule has 0 heterocycles. The van der Waals surface area contributed by atoms with E-state index in [1.54, 1.807) is 0 Å². The van der Waals surface area contributed by atoms with Gasteiger partial charge < -0.3 is 15.0 Å². The molecule has 0 fully saturated rings. The first-order valence-electron chi connectivity index (χ1n) is 42.6. The van der Waals surface area contributed by atoms with Crippen LogP contribution in [0, 0.1) is 0 Å². The lowest BCUT2D eigenvalue weighted by atomic mass is 10.0. The Bertz CT molecular complexity index is 1660. The molecular weight excluding hydrogens is 1150 g/mol. The van der Waals surface area contributed by atoms with E-state index < -0.39 is 0 Å². The van der Waals surface area contributed by atoms with E-state index in [4.69, 9.17) is 0 Å². The fraction of sp³-hybridized carbons (Fsp3) is 0.841. The Labute approximate surface area is 587 Å². The van der Waals surface area contributed by atoms with Gasteiger partial charge in [0.15, 0.2) is 0 Å². The molecule has 6 heteroatoms. The fourth-order valence-corrected chi connectivity index (χ4v) is 14.4. The minimum atomic E-state index is 0.151. The summed E-state index contributed by atoms with van der Waals surface area (Å²) in [7, 11) is 0. The van der Waals surface area contributed by atoms with Crippen molar-refractivity contribution in [1.29, 1.82) is 0 Å². The lowest BCUT2D eigenvalue weighted by Crippen LogP contribution is -2.33. The van der Waals surface area contributed by atoms with Crippen molar-refractivity contribution in [2.45, 2.75) is 452 Å². The Hall–Kier alpha value is -2.70. The van der Waals surface area contributed by atoms with Gasteiger partial charge in [-0.3, -0.25) is 9.59 Å². The highest BCUT2D eigenvalue weighted by molar-refractivity contribution is 5.94. The van der Waals surface area contributed by atoms with Crippen LogP contribution in [0.15, 0.2) is 48.5 Å². The summed E-state index contributed by atoms with van der Waals surface area (Å²) >= 11 is 0. The Morgan fingerprint density at radius 3 is 0.511 bits per heavy atom. The van der Waals surface area contributed by atoms with Crippen molar-refractivity contribution in [3.63, 3.8) is 0 Å². The van der Waals surface area contributed by atoms with Crippen LogP contribution in [-0.2, 0) is 13.1 Å². The zero-order valence-corrected chi connectivity index (χ0v) is 63.7. The van der Waals surface area contributed by atoms with Gasteiger partial charge in [-0.15, -0.1) is 0 Å². The second kappa shape index (κ2) is 68.8. The van der Waals surface area contributed by atoms with Crippen molar-refractivity contribution in [2.75, 3.05) is 26.2 Å². The van der Waals surface area contributed by atoms with Crippen molar-refractivity contribution in [1.82, 2.24) is 14.9 Å². The molecule has 2 amide bonds. The van der Waals surface area contributed by atoms with E-state index in [-0.39, 0.29) is 11.8 Å². The molecule has 546 valence electrons. The van der Waals surface area contributed by atoms with Gasteiger partial charge in [0.25, 0.3) is 11.8 Å². The number of hydrogen-bond donors (Lipinski definition) is 1. The van der Waals surface area contributed by atoms with E-state index >= 15 is 0 Å². The van der Waals surface area contributed by atoms with Crippen LogP contribution < -0.4 is 0 Å². The van der Waals surface area contributed by atoms with Gasteiger partial charge in [0.05, 0.1) is 0 Å². The van der Waals surface area contributed by atoms with E-state index in [1.807, 2.05) is 48.5 Å². The topological polar surface area (TPSA) is 64.1 Å². The Balaban J connectivity index is 1.88. The van der Waals surface area contributed by atoms with Gasteiger partial charge in [0, 0.05) is 50.4 Å². The fourth-order valence-electron chi connectivity index (χ4n) is 14.4. The molecule has 0 spiro atoms. The molecule has 0 atom stereocenters. The Morgan fingerprint density at radius 1 is 0.223 bits per heavy atom. The average molecular weight is 1310 g/mol. The number of hydrogen-bond acceptors (Lipinski definition) is 4. The summed E-state index contributed by atoms with van der Waals surface area (Å²) in [4.78, 5) is 32.7. The van der Waals surface area contributed by atoms with Crippen LogP contribution in [0.2, 0.25) is 0 Å². The standard InChI is InChI=1S/C88H161N3O3/c1-5-9-13-17-21-25-29-33-37-41-45-49-53-57-61-65-77-89(78-66-62-58-54-50-46-42-38-34-30-26-22-18-14-10-6-2)87(92)85-73-69-83(70-74-85)81-91(94)82-84-71-75-86(76-72-84)88(93)90(79-67-63-59-55-51-47-43-39-35-31-27-23-19-15-11-7-3)80-68-64-60-56-52-48-44-40-36-32-28-24-20-16-12-8-4/h69-76,94H,5-68,77-82H2,1-4H3.